The predicted octanol–water partition coefficient (Wildman–Crippen LogP) is 3.15. The summed E-state index contributed by atoms with van der Waals surface area (Å²) >= 11 is 1.66. The normalized spacial score (nSPS) is 15.2. The molecule has 0 bridgehead atoms. The molecule has 0 radical (unpaired) electrons. The summed E-state index contributed by atoms with van der Waals surface area (Å²) in [6, 6.07) is 6.09. The fourth-order valence-corrected chi connectivity index (χ4v) is 3.69. The van der Waals surface area contributed by atoms with Gasteiger partial charge in [-0.2, -0.15) is 0 Å². The van der Waals surface area contributed by atoms with E-state index in [2.05, 4.69) is 21.7 Å². The van der Waals surface area contributed by atoms with E-state index in [-0.39, 0.29) is 11.8 Å². The van der Waals surface area contributed by atoms with E-state index in [4.69, 9.17) is 0 Å². The zero-order chi connectivity index (χ0) is 15.7. The smallest absolute Gasteiger partial charge is 0.234 e. The average Bonchev–Trinajstić information content (AvgIpc) is 2.94. The highest BCUT2D eigenvalue weighted by molar-refractivity contribution is 7.12. The van der Waals surface area contributed by atoms with Gasteiger partial charge in [-0.05, 0) is 38.0 Å². The molecule has 0 spiro atoms. The van der Waals surface area contributed by atoms with Crippen molar-refractivity contribution in [2.75, 3.05) is 11.9 Å². The molecular formula is C17H21N3OS. The Bertz CT molecular complexity index is 684. The minimum Gasteiger partial charge on any atom is -0.325 e. The molecule has 1 amide bonds. The standard InChI is InChI=1S/C17H21N3OS/c1-10-4-5-11(2)14(8-10)19-16(21)12(3)17-20-13-6-7-18-9-15(13)22-17/h4-5,8,12,18H,6-7,9H2,1-3H3,(H,19,21). The first-order valence-electron chi connectivity index (χ1n) is 7.62. The number of hydrogen-bond acceptors (Lipinski definition) is 4. The highest BCUT2D eigenvalue weighted by atomic mass is 32.1. The van der Waals surface area contributed by atoms with E-state index >= 15 is 0 Å². The number of benzene rings is 1. The molecule has 1 aromatic carbocycles. The summed E-state index contributed by atoms with van der Waals surface area (Å²) in [5.74, 6) is -0.219. The Morgan fingerprint density at radius 3 is 3.00 bits per heavy atom. The van der Waals surface area contributed by atoms with Crippen molar-refractivity contribution in [2.45, 2.75) is 39.7 Å². The molecule has 1 aliphatic heterocycles. The molecule has 0 saturated heterocycles. The summed E-state index contributed by atoms with van der Waals surface area (Å²) in [7, 11) is 0. The third kappa shape index (κ3) is 3.05. The van der Waals surface area contributed by atoms with Gasteiger partial charge in [-0.3, -0.25) is 4.79 Å². The molecule has 0 saturated carbocycles. The third-order valence-electron chi connectivity index (χ3n) is 4.03. The van der Waals surface area contributed by atoms with Crippen LogP contribution < -0.4 is 10.6 Å². The Balaban J connectivity index is 1.76. The first kappa shape index (κ1) is 15.2. The number of nitrogens with zero attached hydrogens (tertiary/aromatic N) is 1. The Morgan fingerprint density at radius 1 is 1.41 bits per heavy atom. The highest BCUT2D eigenvalue weighted by Crippen LogP contribution is 2.28. The van der Waals surface area contributed by atoms with Crippen molar-refractivity contribution in [3.05, 3.63) is 44.9 Å². The van der Waals surface area contributed by atoms with Crippen LogP contribution in [0.3, 0.4) is 0 Å². The Kier molecular flexibility index (Phi) is 4.27. The number of thiazole rings is 1. The monoisotopic (exact) mass is 315 g/mol. The summed E-state index contributed by atoms with van der Waals surface area (Å²) < 4.78 is 0. The molecule has 2 aromatic rings. The van der Waals surface area contributed by atoms with Gasteiger partial charge in [-0.25, -0.2) is 4.98 Å². The molecule has 2 heterocycles. The van der Waals surface area contributed by atoms with Gasteiger partial charge in [0.05, 0.1) is 11.6 Å². The number of nitrogens with one attached hydrogen (secondary N) is 2. The highest BCUT2D eigenvalue weighted by Gasteiger charge is 2.23. The van der Waals surface area contributed by atoms with Crippen LogP contribution in [0.4, 0.5) is 5.69 Å². The van der Waals surface area contributed by atoms with Gasteiger partial charge in [0.2, 0.25) is 5.91 Å². The number of anilines is 1. The second-order valence-corrected chi connectivity index (χ2v) is 6.99. The molecule has 22 heavy (non-hydrogen) atoms. The van der Waals surface area contributed by atoms with Gasteiger partial charge in [-0.1, -0.05) is 12.1 Å². The second kappa shape index (κ2) is 6.18. The third-order valence-corrected chi connectivity index (χ3v) is 5.31. The number of aromatic nitrogens is 1. The number of carbonyl (C=O) groups is 1. The Labute approximate surface area is 135 Å². The van der Waals surface area contributed by atoms with Crippen molar-refractivity contribution >= 4 is 22.9 Å². The van der Waals surface area contributed by atoms with E-state index in [0.717, 1.165) is 47.0 Å². The molecule has 1 aromatic heterocycles. The van der Waals surface area contributed by atoms with Crippen molar-refractivity contribution in [1.82, 2.24) is 10.3 Å². The minimum atomic E-state index is -0.226. The van der Waals surface area contributed by atoms with E-state index in [1.807, 2.05) is 32.9 Å². The predicted molar refractivity (Wildman–Crippen MR) is 90.5 cm³/mol. The molecule has 116 valence electrons. The van der Waals surface area contributed by atoms with E-state index in [0.29, 0.717) is 0 Å². The zero-order valence-electron chi connectivity index (χ0n) is 13.2. The van der Waals surface area contributed by atoms with Crippen LogP contribution in [0.25, 0.3) is 0 Å². The van der Waals surface area contributed by atoms with Crippen molar-refractivity contribution in [3.63, 3.8) is 0 Å². The van der Waals surface area contributed by atoms with E-state index < -0.39 is 0 Å². The molecule has 2 N–H and O–H groups in total. The molecule has 0 aliphatic carbocycles. The number of fused-ring (bicyclic) bond motifs is 1. The van der Waals surface area contributed by atoms with Crippen LogP contribution in [0.2, 0.25) is 0 Å². The minimum absolute atomic E-state index is 0.00718. The van der Waals surface area contributed by atoms with Gasteiger partial charge < -0.3 is 10.6 Å². The van der Waals surface area contributed by atoms with Crippen molar-refractivity contribution in [2.24, 2.45) is 0 Å². The van der Waals surface area contributed by atoms with Gasteiger partial charge in [-0.15, -0.1) is 11.3 Å². The maximum absolute atomic E-state index is 12.5. The topological polar surface area (TPSA) is 54.0 Å². The van der Waals surface area contributed by atoms with Gasteiger partial charge >= 0.3 is 0 Å². The van der Waals surface area contributed by atoms with E-state index in [9.17, 15) is 4.79 Å². The molecule has 1 atom stereocenters. The second-order valence-electron chi connectivity index (χ2n) is 5.88. The summed E-state index contributed by atoms with van der Waals surface area (Å²) in [6.07, 6.45) is 0.956. The summed E-state index contributed by atoms with van der Waals surface area (Å²) in [4.78, 5) is 18.5. The number of aryl methyl sites for hydroxylation is 2. The number of carbonyl (C=O) groups excluding carboxylic acids is 1. The van der Waals surface area contributed by atoms with Crippen molar-refractivity contribution in [3.8, 4) is 0 Å². The number of hydrogen-bond donors (Lipinski definition) is 2. The number of rotatable bonds is 3. The molecule has 1 unspecified atom stereocenters. The average molecular weight is 315 g/mol. The van der Waals surface area contributed by atoms with Crippen LogP contribution in [-0.4, -0.2) is 17.4 Å². The van der Waals surface area contributed by atoms with Crippen LogP contribution in [0.1, 0.15) is 39.5 Å². The van der Waals surface area contributed by atoms with Crippen LogP contribution in [0.5, 0.6) is 0 Å². The van der Waals surface area contributed by atoms with E-state index in [1.165, 1.54) is 4.88 Å². The molecular weight excluding hydrogens is 294 g/mol. The van der Waals surface area contributed by atoms with Crippen LogP contribution in [0, 0.1) is 13.8 Å². The molecule has 4 nitrogen and oxygen atoms in total. The van der Waals surface area contributed by atoms with Crippen LogP contribution >= 0.6 is 11.3 Å². The molecule has 5 heteroatoms. The SMILES string of the molecule is Cc1ccc(C)c(NC(=O)C(C)c2nc3c(s2)CNCC3)c1. The lowest BCUT2D eigenvalue weighted by atomic mass is 10.1. The lowest BCUT2D eigenvalue weighted by Crippen LogP contribution is -2.22. The number of amides is 1. The molecule has 3 rings (SSSR count). The molecule has 0 fully saturated rings. The van der Waals surface area contributed by atoms with Crippen molar-refractivity contribution < 1.29 is 4.79 Å². The summed E-state index contributed by atoms with van der Waals surface area (Å²) in [6.45, 7) is 7.81. The Hall–Kier alpha value is -1.72. The molecule has 1 aliphatic rings. The van der Waals surface area contributed by atoms with Gasteiger partial charge in [0.1, 0.15) is 5.01 Å². The van der Waals surface area contributed by atoms with Crippen molar-refractivity contribution in [1.29, 1.82) is 0 Å². The lowest BCUT2D eigenvalue weighted by Gasteiger charge is -2.12. The largest absolute Gasteiger partial charge is 0.325 e. The van der Waals surface area contributed by atoms with Gasteiger partial charge in [0.15, 0.2) is 0 Å². The van der Waals surface area contributed by atoms with Gasteiger partial charge in [0.25, 0.3) is 0 Å². The summed E-state index contributed by atoms with van der Waals surface area (Å²) in [5, 5.41) is 7.30. The maximum atomic E-state index is 12.5. The van der Waals surface area contributed by atoms with E-state index in [1.54, 1.807) is 11.3 Å². The fourth-order valence-electron chi connectivity index (χ4n) is 2.55. The van der Waals surface area contributed by atoms with Gasteiger partial charge in [0, 0.05) is 30.1 Å². The first-order chi connectivity index (χ1) is 10.5. The first-order valence-corrected chi connectivity index (χ1v) is 8.43. The zero-order valence-corrected chi connectivity index (χ0v) is 14.0. The van der Waals surface area contributed by atoms with Crippen LogP contribution in [-0.2, 0) is 17.8 Å². The fraction of sp³-hybridized carbons (Fsp3) is 0.412. The lowest BCUT2D eigenvalue weighted by molar-refractivity contribution is -0.117. The maximum Gasteiger partial charge on any atom is 0.234 e. The van der Waals surface area contributed by atoms with Crippen LogP contribution in [0.15, 0.2) is 18.2 Å². The Morgan fingerprint density at radius 2 is 2.23 bits per heavy atom. The summed E-state index contributed by atoms with van der Waals surface area (Å²) in [5.41, 5.74) is 4.27. The quantitative estimate of drug-likeness (QED) is 0.915.